The monoisotopic (exact) mass is 254 g/mol. The molecule has 0 aliphatic heterocycles. The number of nitrogens with two attached hydrogens (primary N) is 1. The minimum absolute atomic E-state index is 0.167. The van der Waals surface area contributed by atoms with Gasteiger partial charge in [0.25, 0.3) is 5.91 Å². The first-order valence-electron chi connectivity index (χ1n) is 5.84. The van der Waals surface area contributed by atoms with Gasteiger partial charge in [-0.3, -0.25) is 4.79 Å². The molecule has 0 bridgehead atoms. The van der Waals surface area contributed by atoms with Crippen LogP contribution in [0.15, 0.2) is 18.2 Å². The standard InChI is InChI=1S/C13H19FN2O2/c1-9-3-4-10(14)7-12(9)13(17)16-11(8-15)5-6-18-2/h3-4,7,11H,5-6,8,15H2,1-2H3,(H,16,17). The average Bonchev–Trinajstić information content (AvgIpc) is 2.37. The number of halogens is 1. The summed E-state index contributed by atoms with van der Waals surface area (Å²) >= 11 is 0. The van der Waals surface area contributed by atoms with Crippen molar-refractivity contribution in [2.75, 3.05) is 20.3 Å². The predicted octanol–water partition coefficient (Wildman–Crippen LogP) is 1.23. The fourth-order valence-electron chi connectivity index (χ4n) is 1.61. The van der Waals surface area contributed by atoms with Crippen LogP contribution in [0.5, 0.6) is 0 Å². The zero-order chi connectivity index (χ0) is 13.5. The highest BCUT2D eigenvalue weighted by molar-refractivity contribution is 5.95. The van der Waals surface area contributed by atoms with Crippen molar-refractivity contribution in [2.24, 2.45) is 5.73 Å². The van der Waals surface area contributed by atoms with Gasteiger partial charge in [0, 0.05) is 31.9 Å². The van der Waals surface area contributed by atoms with E-state index in [1.165, 1.54) is 12.1 Å². The Hall–Kier alpha value is -1.46. The van der Waals surface area contributed by atoms with Gasteiger partial charge in [-0.05, 0) is 31.0 Å². The lowest BCUT2D eigenvalue weighted by Crippen LogP contribution is -2.41. The van der Waals surface area contributed by atoms with E-state index in [-0.39, 0.29) is 11.9 Å². The number of methoxy groups -OCH3 is 1. The summed E-state index contributed by atoms with van der Waals surface area (Å²) in [5.74, 6) is -0.731. The molecule has 4 nitrogen and oxygen atoms in total. The van der Waals surface area contributed by atoms with Crippen LogP contribution in [0.1, 0.15) is 22.3 Å². The van der Waals surface area contributed by atoms with Crippen LogP contribution in [0, 0.1) is 12.7 Å². The van der Waals surface area contributed by atoms with Crippen molar-refractivity contribution >= 4 is 5.91 Å². The molecule has 0 aliphatic rings. The van der Waals surface area contributed by atoms with Gasteiger partial charge >= 0.3 is 0 Å². The van der Waals surface area contributed by atoms with Crippen molar-refractivity contribution < 1.29 is 13.9 Å². The molecule has 0 spiro atoms. The van der Waals surface area contributed by atoms with E-state index in [4.69, 9.17) is 10.5 Å². The highest BCUT2D eigenvalue weighted by Crippen LogP contribution is 2.10. The molecule has 1 unspecified atom stereocenters. The Balaban J connectivity index is 2.71. The lowest BCUT2D eigenvalue weighted by molar-refractivity contribution is 0.0925. The molecule has 1 atom stereocenters. The zero-order valence-corrected chi connectivity index (χ0v) is 10.7. The molecule has 0 aromatic heterocycles. The molecule has 18 heavy (non-hydrogen) atoms. The summed E-state index contributed by atoms with van der Waals surface area (Å²) in [6.45, 7) is 2.61. The van der Waals surface area contributed by atoms with E-state index in [0.29, 0.717) is 25.1 Å². The van der Waals surface area contributed by atoms with Crippen LogP contribution < -0.4 is 11.1 Å². The van der Waals surface area contributed by atoms with Crippen LogP contribution in [0.2, 0.25) is 0 Å². The van der Waals surface area contributed by atoms with E-state index >= 15 is 0 Å². The van der Waals surface area contributed by atoms with Crippen LogP contribution in [0.3, 0.4) is 0 Å². The second-order valence-corrected chi connectivity index (χ2v) is 4.15. The first-order valence-corrected chi connectivity index (χ1v) is 5.84. The number of benzene rings is 1. The zero-order valence-electron chi connectivity index (χ0n) is 10.7. The molecule has 0 fully saturated rings. The number of hydrogen-bond acceptors (Lipinski definition) is 3. The molecule has 1 aromatic carbocycles. The van der Waals surface area contributed by atoms with Gasteiger partial charge in [0.05, 0.1) is 0 Å². The van der Waals surface area contributed by atoms with Crippen molar-refractivity contribution in [2.45, 2.75) is 19.4 Å². The summed E-state index contributed by atoms with van der Waals surface area (Å²) in [4.78, 5) is 12.0. The van der Waals surface area contributed by atoms with E-state index in [0.717, 1.165) is 5.56 Å². The molecular formula is C13H19FN2O2. The molecule has 0 aliphatic carbocycles. The van der Waals surface area contributed by atoms with Crippen LogP contribution >= 0.6 is 0 Å². The number of ether oxygens (including phenoxy) is 1. The Morgan fingerprint density at radius 1 is 1.56 bits per heavy atom. The number of carbonyl (C=O) groups is 1. The Morgan fingerprint density at radius 2 is 2.28 bits per heavy atom. The van der Waals surface area contributed by atoms with E-state index < -0.39 is 5.82 Å². The third-order valence-corrected chi connectivity index (χ3v) is 2.73. The Labute approximate surface area is 106 Å². The number of carbonyl (C=O) groups excluding carboxylic acids is 1. The van der Waals surface area contributed by atoms with Crippen LogP contribution in [0.25, 0.3) is 0 Å². The number of rotatable bonds is 6. The third-order valence-electron chi connectivity index (χ3n) is 2.73. The topological polar surface area (TPSA) is 64.3 Å². The smallest absolute Gasteiger partial charge is 0.251 e. The molecule has 0 heterocycles. The first kappa shape index (κ1) is 14.6. The third kappa shape index (κ3) is 4.09. The number of hydrogen-bond donors (Lipinski definition) is 2. The molecule has 0 radical (unpaired) electrons. The molecule has 1 aromatic rings. The van der Waals surface area contributed by atoms with Crippen molar-refractivity contribution in [1.82, 2.24) is 5.32 Å². The molecule has 0 saturated carbocycles. The normalized spacial score (nSPS) is 12.2. The quantitative estimate of drug-likeness (QED) is 0.802. The Morgan fingerprint density at radius 3 is 2.89 bits per heavy atom. The summed E-state index contributed by atoms with van der Waals surface area (Å²) in [7, 11) is 1.59. The van der Waals surface area contributed by atoms with Crippen LogP contribution in [0.4, 0.5) is 4.39 Å². The molecule has 1 rings (SSSR count). The molecule has 3 N–H and O–H groups in total. The van der Waals surface area contributed by atoms with Crippen LogP contribution in [-0.4, -0.2) is 32.2 Å². The Bertz CT molecular complexity index is 410. The minimum Gasteiger partial charge on any atom is -0.385 e. The largest absolute Gasteiger partial charge is 0.385 e. The molecule has 0 saturated heterocycles. The first-order chi connectivity index (χ1) is 8.58. The molecule has 5 heteroatoms. The summed E-state index contributed by atoms with van der Waals surface area (Å²) in [6, 6.07) is 3.98. The van der Waals surface area contributed by atoms with Gasteiger partial charge in [-0.25, -0.2) is 4.39 Å². The van der Waals surface area contributed by atoms with Gasteiger partial charge in [-0.2, -0.15) is 0 Å². The van der Waals surface area contributed by atoms with Crippen molar-refractivity contribution in [1.29, 1.82) is 0 Å². The van der Waals surface area contributed by atoms with E-state index in [1.54, 1.807) is 20.1 Å². The Kier molecular flexibility index (Phi) is 5.74. The number of aryl methyl sites for hydroxylation is 1. The van der Waals surface area contributed by atoms with Gasteiger partial charge in [0.2, 0.25) is 0 Å². The maximum atomic E-state index is 13.1. The molecule has 1 amide bonds. The van der Waals surface area contributed by atoms with Crippen molar-refractivity contribution in [3.63, 3.8) is 0 Å². The van der Waals surface area contributed by atoms with Gasteiger partial charge < -0.3 is 15.8 Å². The fourth-order valence-corrected chi connectivity index (χ4v) is 1.61. The highest BCUT2D eigenvalue weighted by Gasteiger charge is 2.14. The summed E-state index contributed by atoms with van der Waals surface area (Å²) in [6.07, 6.45) is 0.632. The predicted molar refractivity (Wildman–Crippen MR) is 67.9 cm³/mol. The van der Waals surface area contributed by atoms with Crippen molar-refractivity contribution in [3.05, 3.63) is 35.1 Å². The van der Waals surface area contributed by atoms with Gasteiger partial charge in [-0.1, -0.05) is 6.07 Å². The maximum absolute atomic E-state index is 13.1. The molecule has 100 valence electrons. The highest BCUT2D eigenvalue weighted by atomic mass is 19.1. The van der Waals surface area contributed by atoms with Gasteiger partial charge in [0.15, 0.2) is 0 Å². The second-order valence-electron chi connectivity index (χ2n) is 4.15. The maximum Gasteiger partial charge on any atom is 0.251 e. The molecular weight excluding hydrogens is 235 g/mol. The number of amides is 1. The van der Waals surface area contributed by atoms with E-state index in [2.05, 4.69) is 5.32 Å². The van der Waals surface area contributed by atoms with Crippen molar-refractivity contribution in [3.8, 4) is 0 Å². The SMILES string of the molecule is COCCC(CN)NC(=O)c1cc(F)ccc1C. The van der Waals surface area contributed by atoms with Gasteiger partial charge in [0.1, 0.15) is 5.82 Å². The van der Waals surface area contributed by atoms with E-state index in [1.807, 2.05) is 0 Å². The van der Waals surface area contributed by atoms with Gasteiger partial charge in [-0.15, -0.1) is 0 Å². The van der Waals surface area contributed by atoms with Crippen LogP contribution in [-0.2, 0) is 4.74 Å². The van der Waals surface area contributed by atoms with E-state index in [9.17, 15) is 9.18 Å². The lowest BCUT2D eigenvalue weighted by atomic mass is 10.1. The minimum atomic E-state index is -0.424. The summed E-state index contributed by atoms with van der Waals surface area (Å²) in [5, 5.41) is 2.78. The average molecular weight is 254 g/mol. The number of nitrogens with one attached hydrogen (secondary N) is 1. The second kappa shape index (κ2) is 7.08. The summed E-state index contributed by atoms with van der Waals surface area (Å²) < 4.78 is 18.0. The lowest BCUT2D eigenvalue weighted by Gasteiger charge is -2.17. The summed E-state index contributed by atoms with van der Waals surface area (Å²) in [5.41, 5.74) is 6.64. The fraction of sp³-hybridized carbons (Fsp3) is 0.462.